The summed E-state index contributed by atoms with van der Waals surface area (Å²) in [5.41, 5.74) is 3.62. The van der Waals surface area contributed by atoms with Crippen molar-refractivity contribution in [2.45, 2.75) is 38.6 Å². The monoisotopic (exact) mass is 447 g/mol. The number of hydrogen-bond acceptors (Lipinski definition) is 4. The summed E-state index contributed by atoms with van der Waals surface area (Å²) in [6, 6.07) is 24.7. The molecule has 4 rings (SSSR count). The van der Waals surface area contributed by atoms with Crippen LogP contribution in [-0.4, -0.2) is 31.8 Å². The topological polar surface area (TPSA) is 40.0 Å². The fourth-order valence-corrected chi connectivity index (χ4v) is 3.80. The van der Waals surface area contributed by atoms with E-state index in [1.165, 1.54) is 6.07 Å². The van der Waals surface area contributed by atoms with E-state index >= 15 is 0 Å². The number of benzene rings is 3. The molecule has 1 heterocycles. The predicted octanol–water partition coefficient (Wildman–Crippen LogP) is 6.44. The summed E-state index contributed by atoms with van der Waals surface area (Å²) >= 11 is 0. The first-order chi connectivity index (χ1) is 16.3. The number of nitrogens with zero attached hydrogens (tertiary/aromatic N) is 1. The molecule has 3 aromatic rings. The first kappa shape index (κ1) is 23.3. The molecular weight excluding hydrogens is 417 g/mol. The maximum atomic E-state index is 14.9. The lowest BCUT2D eigenvalue weighted by atomic mass is 10.0. The molecule has 1 fully saturated rings. The first-order valence-electron chi connectivity index (χ1n) is 11.6. The lowest BCUT2D eigenvalue weighted by Gasteiger charge is -2.22. The first-order valence-corrected chi connectivity index (χ1v) is 11.6. The highest BCUT2D eigenvalue weighted by molar-refractivity contribution is 6.14. The van der Waals surface area contributed by atoms with Crippen LogP contribution < -0.4 is 0 Å². The van der Waals surface area contributed by atoms with Gasteiger partial charge >= 0.3 is 0 Å². The third-order valence-electron chi connectivity index (χ3n) is 5.52. The number of hydrogen-bond donors (Lipinski definition) is 0. The Bertz CT molecular complexity index is 976. The molecule has 1 aliphatic heterocycles. The summed E-state index contributed by atoms with van der Waals surface area (Å²) < 4.78 is 32.0. The summed E-state index contributed by atoms with van der Waals surface area (Å²) in [6.07, 6.45) is 3.89. The predicted molar refractivity (Wildman–Crippen MR) is 128 cm³/mol. The van der Waals surface area contributed by atoms with Gasteiger partial charge in [0.25, 0.3) is 0 Å². The minimum atomic E-state index is -0.363. The summed E-state index contributed by atoms with van der Waals surface area (Å²) in [4.78, 5) is 4.80. The van der Waals surface area contributed by atoms with E-state index in [1.807, 2.05) is 66.7 Å². The molecule has 1 atom stereocenters. The van der Waals surface area contributed by atoms with Crippen LogP contribution in [0.1, 0.15) is 42.4 Å². The summed E-state index contributed by atoms with van der Waals surface area (Å²) in [7, 11) is 0. The van der Waals surface area contributed by atoms with Crippen molar-refractivity contribution in [1.29, 1.82) is 0 Å². The van der Waals surface area contributed by atoms with Crippen LogP contribution >= 0.6 is 0 Å². The van der Waals surface area contributed by atoms with E-state index < -0.39 is 0 Å². The molecule has 4 nitrogen and oxygen atoms in total. The zero-order valence-electron chi connectivity index (χ0n) is 18.8. The van der Waals surface area contributed by atoms with Gasteiger partial charge in [-0.05, 0) is 31.7 Å². The normalized spacial score (nSPS) is 15.8. The van der Waals surface area contributed by atoms with Gasteiger partial charge in [-0.3, -0.25) is 0 Å². The third kappa shape index (κ3) is 6.81. The van der Waals surface area contributed by atoms with Gasteiger partial charge in [-0.1, -0.05) is 72.8 Å². The van der Waals surface area contributed by atoms with Crippen LogP contribution in [0.25, 0.3) is 0 Å². The van der Waals surface area contributed by atoms with E-state index in [0.29, 0.717) is 18.9 Å². The Morgan fingerprint density at radius 3 is 2.27 bits per heavy atom. The van der Waals surface area contributed by atoms with Crippen LogP contribution in [0.3, 0.4) is 0 Å². The van der Waals surface area contributed by atoms with Crippen LogP contribution in [0.15, 0.2) is 83.9 Å². The van der Waals surface area contributed by atoms with Crippen LogP contribution in [0.5, 0.6) is 0 Å². The lowest BCUT2D eigenvalue weighted by Crippen LogP contribution is -2.23. The minimum Gasteiger partial charge on any atom is -0.377 e. The maximum absolute atomic E-state index is 14.9. The second kappa shape index (κ2) is 12.4. The van der Waals surface area contributed by atoms with Gasteiger partial charge in [-0.15, -0.1) is 0 Å². The van der Waals surface area contributed by atoms with Crippen LogP contribution in [-0.2, 0) is 20.8 Å². The molecule has 1 aliphatic rings. The molecule has 1 saturated heterocycles. The average Bonchev–Trinajstić information content (AvgIpc) is 2.87. The number of rotatable bonds is 10. The molecule has 0 N–H and O–H groups in total. The van der Waals surface area contributed by atoms with Crippen LogP contribution in [0.2, 0.25) is 0 Å². The van der Waals surface area contributed by atoms with Crippen molar-refractivity contribution in [1.82, 2.24) is 0 Å². The second-order valence-electron chi connectivity index (χ2n) is 8.01. The van der Waals surface area contributed by atoms with Gasteiger partial charge in [0.05, 0.1) is 18.9 Å². The van der Waals surface area contributed by atoms with Crippen LogP contribution in [0, 0.1) is 5.82 Å². The SMILES string of the molecule is Fc1cccc(COCCCOC2CCCCO2)c1N=C(c1ccccc1)c1ccccc1. The lowest BCUT2D eigenvalue weighted by molar-refractivity contribution is -0.164. The number of aliphatic imine (C=N–C) groups is 1. The van der Waals surface area contributed by atoms with Gasteiger partial charge < -0.3 is 14.2 Å². The molecule has 0 saturated carbocycles. The van der Waals surface area contributed by atoms with Crippen molar-refractivity contribution >= 4 is 11.4 Å². The number of halogens is 1. The fourth-order valence-electron chi connectivity index (χ4n) is 3.80. The number of para-hydroxylation sites is 1. The highest BCUT2D eigenvalue weighted by atomic mass is 19.1. The molecule has 3 aromatic carbocycles. The quantitative estimate of drug-likeness (QED) is 0.265. The Morgan fingerprint density at radius 2 is 1.61 bits per heavy atom. The molecule has 0 spiro atoms. The summed E-state index contributed by atoms with van der Waals surface area (Å²) in [6.45, 7) is 2.17. The van der Waals surface area contributed by atoms with Gasteiger partial charge in [-0.2, -0.15) is 0 Å². The highest BCUT2D eigenvalue weighted by Crippen LogP contribution is 2.27. The molecule has 33 heavy (non-hydrogen) atoms. The van der Waals surface area contributed by atoms with E-state index in [1.54, 1.807) is 6.07 Å². The molecule has 0 aromatic heterocycles. The smallest absolute Gasteiger partial charge is 0.157 e. The molecular formula is C28H30FNO3. The summed E-state index contributed by atoms with van der Waals surface area (Å²) in [5.74, 6) is -0.363. The molecule has 0 radical (unpaired) electrons. The van der Waals surface area contributed by atoms with Gasteiger partial charge in [0.2, 0.25) is 0 Å². The standard InChI is InChI=1S/C28H30FNO3/c29-25-16-9-15-24(21-31-18-10-20-33-26-17-7-8-19-32-26)28(25)30-27(22-11-3-1-4-12-22)23-13-5-2-6-14-23/h1-6,9,11-16,26H,7-8,10,17-21H2. The Balaban J connectivity index is 1.44. The molecule has 5 heteroatoms. The zero-order valence-corrected chi connectivity index (χ0v) is 18.8. The van der Waals surface area contributed by atoms with E-state index in [4.69, 9.17) is 19.2 Å². The van der Waals surface area contributed by atoms with Crippen molar-refractivity contribution in [3.63, 3.8) is 0 Å². The average molecular weight is 448 g/mol. The van der Waals surface area contributed by atoms with Gasteiger partial charge in [0.15, 0.2) is 6.29 Å². The van der Waals surface area contributed by atoms with E-state index in [9.17, 15) is 4.39 Å². The minimum absolute atomic E-state index is 0.0858. The van der Waals surface area contributed by atoms with Crippen molar-refractivity contribution in [2.24, 2.45) is 4.99 Å². The van der Waals surface area contributed by atoms with Crippen molar-refractivity contribution in [2.75, 3.05) is 19.8 Å². The highest BCUT2D eigenvalue weighted by Gasteiger charge is 2.14. The zero-order chi connectivity index (χ0) is 22.7. The Kier molecular flexibility index (Phi) is 8.76. The Morgan fingerprint density at radius 1 is 0.879 bits per heavy atom. The molecule has 0 aliphatic carbocycles. The maximum Gasteiger partial charge on any atom is 0.157 e. The number of ether oxygens (including phenoxy) is 3. The molecule has 172 valence electrons. The van der Waals surface area contributed by atoms with Crippen molar-refractivity contribution in [3.8, 4) is 0 Å². The molecule has 1 unspecified atom stereocenters. The van der Waals surface area contributed by atoms with Gasteiger partial charge in [-0.25, -0.2) is 9.38 Å². The van der Waals surface area contributed by atoms with Gasteiger partial charge in [0.1, 0.15) is 11.5 Å². The largest absolute Gasteiger partial charge is 0.377 e. The van der Waals surface area contributed by atoms with E-state index in [0.717, 1.165) is 54.7 Å². The Hall–Kier alpha value is -2.86. The second-order valence-corrected chi connectivity index (χ2v) is 8.01. The fraction of sp³-hybridized carbons (Fsp3) is 0.321. The van der Waals surface area contributed by atoms with Crippen molar-refractivity contribution < 1.29 is 18.6 Å². The molecule has 0 amide bonds. The third-order valence-corrected chi connectivity index (χ3v) is 5.52. The Labute approximate surface area is 195 Å². The van der Waals surface area contributed by atoms with Gasteiger partial charge in [0, 0.05) is 29.9 Å². The van der Waals surface area contributed by atoms with Crippen molar-refractivity contribution in [3.05, 3.63) is 101 Å². The van der Waals surface area contributed by atoms with E-state index in [-0.39, 0.29) is 18.7 Å². The van der Waals surface area contributed by atoms with Crippen LogP contribution in [0.4, 0.5) is 10.1 Å². The summed E-state index contributed by atoms with van der Waals surface area (Å²) in [5, 5.41) is 0. The molecule has 0 bridgehead atoms. The van der Waals surface area contributed by atoms with E-state index in [2.05, 4.69) is 0 Å².